The van der Waals surface area contributed by atoms with Gasteiger partial charge in [-0.05, 0) is 48.4 Å². The average molecular weight is 422 g/mol. The molecule has 0 saturated carbocycles. The van der Waals surface area contributed by atoms with Crippen LogP contribution in [0, 0.1) is 6.92 Å². The van der Waals surface area contributed by atoms with Gasteiger partial charge in [0.05, 0.1) is 13.2 Å². The van der Waals surface area contributed by atoms with Crippen molar-refractivity contribution < 1.29 is 19.1 Å². The van der Waals surface area contributed by atoms with Gasteiger partial charge < -0.3 is 14.8 Å². The lowest BCUT2D eigenvalue weighted by Gasteiger charge is -2.20. The maximum atomic E-state index is 12.5. The molecule has 0 unspecified atom stereocenters. The molecule has 1 amide bonds. The first-order valence-electron chi connectivity index (χ1n) is 9.44. The normalized spacial score (nSPS) is 11.8. The van der Waals surface area contributed by atoms with Crippen LogP contribution in [0.5, 0.6) is 5.75 Å². The highest BCUT2D eigenvalue weighted by molar-refractivity contribution is 7.12. The van der Waals surface area contributed by atoms with Crippen molar-refractivity contribution in [3.63, 3.8) is 0 Å². The SMILES string of the molecule is COc1ccc([C@H](NC(=O)COC(=O)/C=C/c2ccc(C)s2)c2ccccc2)cc1. The molecule has 1 N–H and O–H groups in total. The van der Waals surface area contributed by atoms with Gasteiger partial charge in [0.15, 0.2) is 6.61 Å². The highest BCUT2D eigenvalue weighted by Gasteiger charge is 2.17. The molecule has 0 spiro atoms. The van der Waals surface area contributed by atoms with E-state index in [4.69, 9.17) is 9.47 Å². The number of ether oxygens (including phenoxy) is 2. The Balaban J connectivity index is 1.63. The number of nitrogens with one attached hydrogen (secondary N) is 1. The monoisotopic (exact) mass is 421 g/mol. The van der Waals surface area contributed by atoms with Crippen molar-refractivity contribution in [1.29, 1.82) is 0 Å². The summed E-state index contributed by atoms with van der Waals surface area (Å²) in [6.07, 6.45) is 3.01. The molecule has 5 nitrogen and oxygen atoms in total. The van der Waals surface area contributed by atoms with E-state index in [1.807, 2.05) is 73.7 Å². The van der Waals surface area contributed by atoms with Gasteiger partial charge in [0, 0.05) is 15.8 Å². The molecular weight excluding hydrogens is 398 g/mol. The Kier molecular flexibility index (Phi) is 7.40. The largest absolute Gasteiger partial charge is 0.497 e. The van der Waals surface area contributed by atoms with Crippen LogP contribution in [-0.2, 0) is 14.3 Å². The Hall–Kier alpha value is -3.38. The second-order valence-electron chi connectivity index (χ2n) is 6.57. The van der Waals surface area contributed by atoms with Crippen LogP contribution >= 0.6 is 11.3 Å². The summed E-state index contributed by atoms with van der Waals surface area (Å²) in [4.78, 5) is 26.5. The molecule has 0 radical (unpaired) electrons. The van der Waals surface area contributed by atoms with Gasteiger partial charge >= 0.3 is 5.97 Å². The van der Waals surface area contributed by atoms with E-state index in [1.165, 1.54) is 6.08 Å². The van der Waals surface area contributed by atoms with Crippen LogP contribution in [0.15, 0.2) is 72.8 Å². The number of hydrogen-bond acceptors (Lipinski definition) is 5. The fraction of sp³-hybridized carbons (Fsp3) is 0.167. The zero-order chi connectivity index (χ0) is 21.3. The van der Waals surface area contributed by atoms with E-state index in [0.29, 0.717) is 0 Å². The van der Waals surface area contributed by atoms with Gasteiger partial charge in [-0.3, -0.25) is 4.79 Å². The van der Waals surface area contributed by atoms with Gasteiger partial charge in [0.2, 0.25) is 0 Å². The second-order valence-corrected chi connectivity index (χ2v) is 7.89. The van der Waals surface area contributed by atoms with Crippen LogP contribution < -0.4 is 10.1 Å². The van der Waals surface area contributed by atoms with E-state index in [9.17, 15) is 9.59 Å². The van der Waals surface area contributed by atoms with Gasteiger partial charge in [0.25, 0.3) is 5.91 Å². The number of methoxy groups -OCH3 is 1. The quantitative estimate of drug-likeness (QED) is 0.429. The first-order valence-corrected chi connectivity index (χ1v) is 10.3. The van der Waals surface area contributed by atoms with E-state index in [2.05, 4.69) is 5.32 Å². The van der Waals surface area contributed by atoms with Crippen LogP contribution in [0.1, 0.15) is 26.9 Å². The van der Waals surface area contributed by atoms with Crippen LogP contribution in [0.2, 0.25) is 0 Å². The fourth-order valence-electron chi connectivity index (χ4n) is 2.88. The maximum Gasteiger partial charge on any atom is 0.331 e. The lowest BCUT2D eigenvalue weighted by molar-refractivity contribution is -0.143. The minimum atomic E-state index is -0.558. The summed E-state index contributed by atoms with van der Waals surface area (Å²) in [5, 5.41) is 2.94. The summed E-state index contributed by atoms with van der Waals surface area (Å²) in [6, 6.07) is 20.6. The molecule has 0 aliphatic carbocycles. The van der Waals surface area contributed by atoms with E-state index in [-0.39, 0.29) is 18.6 Å². The predicted octanol–water partition coefficient (Wildman–Crippen LogP) is 4.53. The third-order valence-corrected chi connectivity index (χ3v) is 5.34. The summed E-state index contributed by atoms with van der Waals surface area (Å²) in [5.74, 6) is -0.205. The van der Waals surface area contributed by atoms with Gasteiger partial charge in [-0.25, -0.2) is 4.79 Å². The van der Waals surface area contributed by atoms with Crippen molar-refractivity contribution in [3.05, 3.63) is 93.7 Å². The summed E-state index contributed by atoms with van der Waals surface area (Å²) >= 11 is 1.58. The minimum Gasteiger partial charge on any atom is -0.497 e. The molecular formula is C24H23NO4S. The Morgan fingerprint density at radius 1 is 1.00 bits per heavy atom. The van der Waals surface area contributed by atoms with Gasteiger partial charge in [-0.1, -0.05) is 42.5 Å². The summed E-state index contributed by atoms with van der Waals surface area (Å²) in [7, 11) is 1.61. The Bertz CT molecular complexity index is 1010. The second kappa shape index (κ2) is 10.4. The van der Waals surface area contributed by atoms with Crippen LogP contribution in [-0.4, -0.2) is 25.6 Å². The average Bonchev–Trinajstić information content (AvgIpc) is 3.20. The highest BCUT2D eigenvalue weighted by Crippen LogP contribution is 2.24. The lowest BCUT2D eigenvalue weighted by atomic mass is 9.98. The highest BCUT2D eigenvalue weighted by atomic mass is 32.1. The van der Waals surface area contributed by atoms with Crippen molar-refractivity contribution in [2.24, 2.45) is 0 Å². The zero-order valence-corrected chi connectivity index (χ0v) is 17.6. The molecule has 0 fully saturated rings. The molecule has 3 rings (SSSR count). The van der Waals surface area contributed by atoms with Gasteiger partial charge in [-0.2, -0.15) is 0 Å². The third-order valence-electron chi connectivity index (χ3n) is 4.38. The van der Waals surface area contributed by atoms with Crippen molar-refractivity contribution in [1.82, 2.24) is 5.32 Å². The number of benzene rings is 2. The van der Waals surface area contributed by atoms with Crippen LogP contribution in [0.25, 0.3) is 6.08 Å². The van der Waals surface area contributed by atoms with E-state index >= 15 is 0 Å². The number of hydrogen-bond donors (Lipinski definition) is 1. The lowest BCUT2D eigenvalue weighted by Crippen LogP contribution is -2.32. The summed E-state index contributed by atoms with van der Waals surface area (Å²) < 4.78 is 10.3. The van der Waals surface area contributed by atoms with Crippen LogP contribution in [0.4, 0.5) is 0 Å². The number of esters is 1. The molecule has 1 heterocycles. The molecule has 0 saturated heterocycles. The van der Waals surface area contributed by atoms with Gasteiger partial charge in [0.1, 0.15) is 5.75 Å². The first kappa shape index (κ1) is 21.3. The van der Waals surface area contributed by atoms with E-state index in [1.54, 1.807) is 24.5 Å². The van der Waals surface area contributed by atoms with Crippen molar-refractivity contribution in [2.45, 2.75) is 13.0 Å². The molecule has 30 heavy (non-hydrogen) atoms. The molecule has 154 valence electrons. The minimum absolute atomic E-state index is 0.355. The Morgan fingerprint density at radius 2 is 1.70 bits per heavy atom. The number of amides is 1. The topological polar surface area (TPSA) is 64.6 Å². The van der Waals surface area contributed by atoms with E-state index < -0.39 is 5.97 Å². The maximum absolute atomic E-state index is 12.5. The first-order chi connectivity index (χ1) is 14.5. The summed E-state index contributed by atoms with van der Waals surface area (Å²) in [6.45, 7) is 1.64. The number of carbonyl (C=O) groups excluding carboxylic acids is 2. The molecule has 0 bridgehead atoms. The van der Waals surface area contributed by atoms with Crippen molar-refractivity contribution >= 4 is 29.3 Å². The van der Waals surface area contributed by atoms with E-state index in [0.717, 1.165) is 26.6 Å². The molecule has 0 aliphatic heterocycles. The van der Waals surface area contributed by atoms with Gasteiger partial charge in [-0.15, -0.1) is 11.3 Å². The van der Waals surface area contributed by atoms with Crippen molar-refractivity contribution in [3.8, 4) is 5.75 Å². The number of rotatable bonds is 8. The number of thiophene rings is 1. The Labute approximate surface area is 180 Å². The van der Waals surface area contributed by atoms with Crippen molar-refractivity contribution in [2.75, 3.05) is 13.7 Å². The molecule has 6 heteroatoms. The molecule has 1 aromatic heterocycles. The molecule has 0 aliphatic rings. The molecule has 2 aromatic carbocycles. The third kappa shape index (κ3) is 6.06. The number of carbonyl (C=O) groups is 2. The Morgan fingerprint density at radius 3 is 2.33 bits per heavy atom. The van der Waals surface area contributed by atoms with Crippen LogP contribution in [0.3, 0.4) is 0 Å². The summed E-state index contributed by atoms with van der Waals surface area (Å²) in [5.41, 5.74) is 1.82. The zero-order valence-electron chi connectivity index (χ0n) is 16.8. The smallest absolute Gasteiger partial charge is 0.331 e. The molecule has 1 atom stereocenters. The fourth-order valence-corrected chi connectivity index (χ4v) is 3.66. The number of aryl methyl sites for hydroxylation is 1. The predicted molar refractivity (Wildman–Crippen MR) is 118 cm³/mol. The molecule has 3 aromatic rings. The standard InChI is InChI=1S/C24H23NO4S/c1-17-8-13-21(30-17)14-15-23(27)29-16-22(26)25-24(18-6-4-3-5-7-18)19-9-11-20(28-2)12-10-19/h3-15,24H,16H2,1-2H3,(H,25,26)/b15-14+/t24-/m1/s1.